The molecule has 1 aromatic heterocycles. The Morgan fingerprint density at radius 1 is 1.37 bits per heavy atom. The third kappa shape index (κ3) is 2.62. The van der Waals surface area contributed by atoms with Gasteiger partial charge < -0.3 is 11.1 Å². The molecule has 3 rings (SSSR count). The van der Waals surface area contributed by atoms with E-state index in [4.69, 9.17) is 5.73 Å². The molecule has 1 heterocycles. The smallest absolute Gasteiger partial charge is 0.203 e. The molecule has 3 N–H and O–H groups in total. The van der Waals surface area contributed by atoms with Crippen molar-refractivity contribution in [3.63, 3.8) is 0 Å². The van der Waals surface area contributed by atoms with E-state index >= 15 is 0 Å². The predicted octanol–water partition coefficient (Wildman–Crippen LogP) is 2.70. The molecule has 0 radical (unpaired) electrons. The van der Waals surface area contributed by atoms with Crippen LogP contribution < -0.4 is 11.1 Å². The number of hydrogen-bond acceptors (Lipinski definition) is 5. The second-order valence-corrected chi connectivity index (χ2v) is 6.01. The Balaban J connectivity index is 1.81. The number of nitrogens with one attached hydrogen (secondary N) is 1. The minimum atomic E-state index is -0.304. The first-order chi connectivity index (χ1) is 9.21. The van der Waals surface area contributed by atoms with Crippen LogP contribution in [0.4, 0.5) is 5.13 Å². The van der Waals surface area contributed by atoms with Crippen LogP contribution in [-0.2, 0) is 5.54 Å². The van der Waals surface area contributed by atoms with Crippen LogP contribution in [0, 0.1) is 0 Å². The monoisotopic (exact) mass is 274 g/mol. The molecular formula is C14H18N4S. The van der Waals surface area contributed by atoms with Gasteiger partial charge in [-0.2, -0.15) is 4.37 Å². The first kappa shape index (κ1) is 12.6. The molecule has 0 aliphatic heterocycles. The lowest BCUT2D eigenvalue weighted by molar-refractivity contribution is 0.556. The summed E-state index contributed by atoms with van der Waals surface area (Å²) in [5.41, 5.74) is 6.82. The van der Waals surface area contributed by atoms with E-state index in [2.05, 4.69) is 33.7 Å². The molecule has 0 saturated heterocycles. The zero-order chi connectivity index (χ0) is 13.3. The van der Waals surface area contributed by atoms with Crippen LogP contribution >= 0.6 is 11.5 Å². The van der Waals surface area contributed by atoms with Crippen molar-refractivity contribution in [2.24, 2.45) is 5.73 Å². The van der Waals surface area contributed by atoms with Crippen LogP contribution in [0.25, 0.3) is 0 Å². The van der Waals surface area contributed by atoms with Gasteiger partial charge in [-0.05, 0) is 25.3 Å². The number of nitrogens with two attached hydrogens (primary N) is 1. The van der Waals surface area contributed by atoms with Crippen LogP contribution in [0.1, 0.15) is 37.1 Å². The van der Waals surface area contributed by atoms with E-state index < -0.39 is 0 Å². The molecule has 19 heavy (non-hydrogen) atoms. The first-order valence-electron chi connectivity index (χ1n) is 6.59. The van der Waals surface area contributed by atoms with Crippen molar-refractivity contribution < 1.29 is 0 Å². The summed E-state index contributed by atoms with van der Waals surface area (Å²) in [5.74, 6) is 1.58. The largest absolute Gasteiger partial charge is 0.350 e. The average Bonchev–Trinajstić information content (AvgIpc) is 3.21. The number of nitrogens with zero attached hydrogens (tertiary/aromatic N) is 2. The van der Waals surface area contributed by atoms with Gasteiger partial charge in [-0.3, -0.25) is 0 Å². The molecule has 0 spiro atoms. The molecule has 1 aromatic carbocycles. The highest BCUT2D eigenvalue weighted by Crippen LogP contribution is 2.39. The Bertz CT molecular complexity index is 550. The van der Waals surface area contributed by atoms with Crippen molar-refractivity contribution in [3.8, 4) is 0 Å². The first-order valence-corrected chi connectivity index (χ1v) is 7.36. The lowest BCUT2D eigenvalue weighted by Gasteiger charge is -2.29. The Hall–Kier alpha value is -1.46. The van der Waals surface area contributed by atoms with Crippen molar-refractivity contribution in [2.75, 3.05) is 11.9 Å². The van der Waals surface area contributed by atoms with Gasteiger partial charge in [0.25, 0.3) is 0 Å². The van der Waals surface area contributed by atoms with Gasteiger partial charge in [0.1, 0.15) is 5.82 Å². The molecular weight excluding hydrogens is 256 g/mol. The summed E-state index contributed by atoms with van der Waals surface area (Å²) in [4.78, 5) is 4.57. The number of hydrogen-bond donors (Lipinski definition) is 2. The second-order valence-electron chi connectivity index (χ2n) is 5.26. The van der Waals surface area contributed by atoms with E-state index in [9.17, 15) is 0 Å². The van der Waals surface area contributed by atoms with Crippen molar-refractivity contribution in [2.45, 2.75) is 31.2 Å². The highest BCUT2D eigenvalue weighted by atomic mass is 32.1. The summed E-state index contributed by atoms with van der Waals surface area (Å²) in [6.45, 7) is 2.61. The minimum absolute atomic E-state index is 0.304. The molecule has 2 aromatic rings. The maximum atomic E-state index is 5.96. The number of aromatic nitrogens is 2. The molecule has 1 fully saturated rings. The Labute approximate surface area is 117 Å². The molecule has 1 atom stereocenters. The van der Waals surface area contributed by atoms with E-state index in [1.54, 1.807) is 0 Å². The normalized spacial score (nSPS) is 18.0. The minimum Gasteiger partial charge on any atom is -0.350 e. The van der Waals surface area contributed by atoms with Crippen LogP contribution in [-0.4, -0.2) is 15.9 Å². The Morgan fingerprint density at radius 3 is 2.74 bits per heavy atom. The molecule has 4 nitrogen and oxygen atoms in total. The molecule has 1 saturated carbocycles. The zero-order valence-electron chi connectivity index (χ0n) is 11.0. The van der Waals surface area contributed by atoms with E-state index in [0.717, 1.165) is 11.0 Å². The fraction of sp³-hybridized carbons (Fsp3) is 0.429. The number of rotatable bonds is 5. The highest BCUT2D eigenvalue weighted by molar-refractivity contribution is 7.09. The summed E-state index contributed by atoms with van der Waals surface area (Å²) in [6.07, 6.45) is 2.45. The van der Waals surface area contributed by atoms with Crippen LogP contribution in [0.5, 0.6) is 0 Å². The van der Waals surface area contributed by atoms with Gasteiger partial charge in [0, 0.05) is 24.0 Å². The highest BCUT2D eigenvalue weighted by Gasteiger charge is 2.30. The summed E-state index contributed by atoms with van der Waals surface area (Å²) in [7, 11) is 0. The van der Waals surface area contributed by atoms with Gasteiger partial charge in [-0.15, -0.1) is 0 Å². The lowest BCUT2D eigenvalue weighted by Crippen LogP contribution is -2.39. The van der Waals surface area contributed by atoms with Crippen LogP contribution in [0.2, 0.25) is 0 Å². The second kappa shape index (κ2) is 4.90. The predicted molar refractivity (Wildman–Crippen MR) is 78.4 cm³/mol. The van der Waals surface area contributed by atoms with Crippen molar-refractivity contribution in [1.29, 1.82) is 0 Å². The topological polar surface area (TPSA) is 63.8 Å². The van der Waals surface area contributed by atoms with E-state index in [1.165, 1.54) is 29.9 Å². The van der Waals surface area contributed by atoms with Gasteiger partial charge in [-0.25, -0.2) is 4.98 Å². The third-order valence-corrected chi connectivity index (χ3v) is 4.23. The summed E-state index contributed by atoms with van der Waals surface area (Å²) >= 11 is 1.43. The lowest BCUT2D eigenvalue weighted by atomic mass is 9.92. The van der Waals surface area contributed by atoms with Gasteiger partial charge in [0.15, 0.2) is 0 Å². The third-order valence-electron chi connectivity index (χ3n) is 3.59. The van der Waals surface area contributed by atoms with E-state index in [-0.39, 0.29) is 5.54 Å². The molecule has 100 valence electrons. The molecule has 1 aliphatic carbocycles. The van der Waals surface area contributed by atoms with Crippen molar-refractivity contribution >= 4 is 16.7 Å². The maximum absolute atomic E-state index is 5.96. The zero-order valence-corrected chi connectivity index (χ0v) is 11.8. The molecule has 1 unspecified atom stereocenters. The van der Waals surface area contributed by atoms with Crippen LogP contribution in [0.15, 0.2) is 30.3 Å². The van der Waals surface area contributed by atoms with Gasteiger partial charge >= 0.3 is 0 Å². The number of anilines is 1. The quantitative estimate of drug-likeness (QED) is 0.880. The summed E-state index contributed by atoms with van der Waals surface area (Å²) < 4.78 is 4.42. The maximum Gasteiger partial charge on any atom is 0.203 e. The molecule has 0 amide bonds. The summed E-state index contributed by atoms with van der Waals surface area (Å²) in [5, 5.41) is 4.30. The Morgan fingerprint density at radius 2 is 2.11 bits per heavy atom. The van der Waals surface area contributed by atoms with E-state index in [1.807, 2.05) is 18.2 Å². The van der Waals surface area contributed by atoms with Crippen LogP contribution in [0.3, 0.4) is 0 Å². The molecule has 1 aliphatic rings. The SMILES string of the molecule is CC(CN)(Nc1nc(C2CC2)ns1)c1ccccc1. The van der Waals surface area contributed by atoms with Crippen molar-refractivity contribution in [1.82, 2.24) is 9.36 Å². The molecule has 0 bridgehead atoms. The number of benzene rings is 1. The summed E-state index contributed by atoms with van der Waals surface area (Å²) in [6, 6.07) is 10.2. The van der Waals surface area contributed by atoms with Gasteiger partial charge in [0.05, 0.1) is 5.54 Å². The Kier molecular flexibility index (Phi) is 3.24. The standard InChI is InChI=1S/C14H18N4S/c1-14(9-15,11-5-3-2-4-6-11)17-13-16-12(18-19-13)10-7-8-10/h2-6,10H,7-9,15H2,1H3,(H,16,17,18). The fourth-order valence-electron chi connectivity index (χ4n) is 2.08. The van der Waals surface area contributed by atoms with Crippen molar-refractivity contribution in [3.05, 3.63) is 41.7 Å². The average molecular weight is 274 g/mol. The fourth-order valence-corrected chi connectivity index (χ4v) is 2.85. The van der Waals surface area contributed by atoms with E-state index in [0.29, 0.717) is 12.5 Å². The van der Waals surface area contributed by atoms with Gasteiger partial charge in [-0.1, -0.05) is 30.3 Å². The molecule has 5 heteroatoms. The van der Waals surface area contributed by atoms with Gasteiger partial charge in [0.2, 0.25) is 5.13 Å².